The summed E-state index contributed by atoms with van der Waals surface area (Å²) in [5.74, 6) is 2.02. The minimum Gasteiger partial charge on any atom is -0.497 e. The third kappa shape index (κ3) is 3.11. The molecule has 0 aliphatic heterocycles. The maximum absolute atomic E-state index is 12.8. The molecule has 7 heteroatoms. The number of methoxy groups -OCH3 is 4. The number of rotatable bonds is 6. The molecule has 26 heavy (non-hydrogen) atoms. The van der Waals surface area contributed by atoms with Gasteiger partial charge in [0.25, 0.3) is 5.91 Å². The first-order chi connectivity index (χ1) is 12.6. The van der Waals surface area contributed by atoms with Crippen molar-refractivity contribution in [2.45, 2.75) is 0 Å². The third-order valence-electron chi connectivity index (χ3n) is 4.09. The summed E-state index contributed by atoms with van der Waals surface area (Å²) >= 11 is 0. The van der Waals surface area contributed by atoms with Crippen LogP contribution in [-0.4, -0.2) is 39.3 Å². The molecule has 0 aliphatic carbocycles. The van der Waals surface area contributed by atoms with Crippen molar-refractivity contribution < 1.29 is 23.7 Å². The Kier molecular flexibility index (Phi) is 4.88. The number of aromatic amines is 1. The Balaban J connectivity index is 1.96. The van der Waals surface area contributed by atoms with E-state index >= 15 is 0 Å². The standard InChI is InChI=1S/C19H20N2O5/c1-23-11-5-6-14(16(7-11)24-2)21-19(22)13-10-20-15-9-18(26-4)17(25-3)8-12(13)15/h5-10,20H,1-4H3,(H,21,22). The van der Waals surface area contributed by atoms with Gasteiger partial charge in [-0.15, -0.1) is 0 Å². The zero-order valence-electron chi connectivity index (χ0n) is 15.0. The van der Waals surface area contributed by atoms with Gasteiger partial charge in [-0.25, -0.2) is 0 Å². The highest BCUT2D eigenvalue weighted by atomic mass is 16.5. The second-order valence-corrected chi connectivity index (χ2v) is 5.48. The van der Waals surface area contributed by atoms with Crippen LogP contribution in [-0.2, 0) is 0 Å². The first-order valence-electron chi connectivity index (χ1n) is 7.87. The molecule has 0 fully saturated rings. The minimum absolute atomic E-state index is 0.271. The molecule has 0 saturated carbocycles. The number of carbonyl (C=O) groups is 1. The van der Waals surface area contributed by atoms with Crippen molar-refractivity contribution in [1.29, 1.82) is 0 Å². The lowest BCUT2D eigenvalue weighted by atomic mass is 10.1. The SMILES string of the molecule is COc1ccc(NC(=O)c2c[nH]c3cc(OC)c(OC)cc23)c(OC)c1. The van der Waals surface area contributed by atoms with E-state index in [1.54, 1.807) is 57.9 Å². The molecule has 0 bridgehead atoms. The van der Waals surface area contributed by atoms with Gasteiger partial charge in [-0.1, -0.05) is 0 Å². The molecule has 0 aliphatic rings. The molecule has 0 radical (unpaired) electrons. The lowest BCUT2D eigenvalue weighted by Gasteiger charge is -2.12. The molecular weight excluding hydrogens is 336 g/mol. The van der Waals surface area contributed by atoms with Crippen molar-refractivity contribution in [3.8, 4) is 23.0 Å². The highest BCUT2D eigenvalue weighted by molar-refractivity contribution is 6.13. The molecule has 136 valence electrons. The number of nitrogens with one attached hydrogen (secondary N) is 2. The summed E-state index contributed by atoms with van der Waals surface area (Å²) in [6.07, 6.45) is 1.65. The Bertz CT molecular complexity index is 948. The smallest absolute Gasteiger partial charge is 0.257 e. The number of ether oxygens (including phenoxy) is 4. The van der Waals surface area contributed by atoms with Crippen LogP contribution in [0, 0.1) is 0 Å². The number of carbonyl (C=O) groups excluding carboxylic acids is 1. The van der Waals surface area contributed by atoms with Crippen LogP contribution in [0.2, 0.25) is 0 Å². The van der Waals surface area contributed by atoms with Crippen molar-refractivity contribution in [1.82, 2.24) is 4.98 Å². The summed E-state index contributed by atoms with van der Waals surface area (Å²) in [7, 11) is 6.22. The van der Waals surface area contributed by atoms with Crippen LogP contribution in [0.4, 0.5) is 5.69 Å². The molecule has 2 aromatic carbocycles. The Hall–Kier alpha value is -3.35. The third-order valence-corrected chi connectivity index (χ3v) is 4.09. The zero-order valence-corrected chi connectivity index (χ0v) is 15.0. The molecule has 1 heterocycles. The first kappa shape index (κ1) is 17.5. The van der Waals surface area contributed by atoms with Gasteiger partial charge in [-0.05, 0) is 18.2 Å². The number of H-pyrrole nitrogens is 1. The average Bonchev–Trinajstić information content (AvgIpc) is 3.09. The predicted molar refractivity (Wildman–Crippen MR) is 98.9 cm³/mol. The monoisotopic (exact) mass is 356 g/mol. The maximum atomic E-state index is 12.8. The van der Waals surface area contributed by atoms with Gasteiger partial charge >= 0.3 is 0 Å². The van der Waals surface area contributed by atoms with Gasteiger partial charge in [-0.2, -0.15) is 0 Å². The quantitative estimate of drug-likeness (QED) is 0.707. The van der Waals surface area contributed by atoms with E-state index in [1.165, 1.54) is 7.11 Å². The van der Waals surface area contributed by atoms with Crippen LogP contribution < -0.4 is 24.3 Å². The van der Waals surface area contributed by atoms with Crippen LogP contribution in [0.5, 0.6) is 23.0 Å². The molecular formula is C19H20N2O5. The second-order valence-electron chi connectivity index (χ2n) is 5.48. The molecule has 2 N–H and O–H groups in total. The van der Waals surface area contributed by atoms with Crippen LogP contribution in [0.1, 0.15) is 10.4 Å². The summed E-state index contributed by atoms with van der Waals surface area (Å²) in [5.41, 5.74) is 1.81. The van der Waals surface area contributed by atoms with Crippen molar-refractivity contribution >= 4 is 22.5 Å². The van der Waals surface area contributed by atoms with E-state index in [0.717, 1.165) is 10.9 Å². The Labute approximate surface area is 150 Å². The lowest BCUT2D eigenvalue weighted by Crippen LogP contribution is -2.12. The number of benzene rings is 2. The number of fused-ring (bicyclic) bond motifs is 1. The second kappa shape index (κ2) is 7.26. The van der Waals surface area contributed by atoms with Crippen molar-refractivity contribution in [3.63, 3.8) is 0 Å². The van der Waals surface area contributed by atoms with Crippen LogP contribution in [0.25, 0.3) is 10.9 Å². The summed E-state index contributed by atoms with van der Waals surface area (Å²) in [5, 5.41) is 3.59. The van der Waals surface area contributed by atoms with Crippen molar-refractivity contribution in [3.05, 3.63) is 42.1 Å². The first-order valence-corrected chi connectivity index (χ1v) is 7.87. The number of hydrogen-bond acceptors (Lipinski definition) is 5. The largest absolute Gasteiger partial charge is 0.497 e. The summed E-state index contributed by atoms with van der Waals surface area (Å²) in [6, 6.07) is 8.75. The molecule has 7 nitrogen and oxygen atoms in total. The number of aromatic nitrogens is 1. The zero-order chi connectivity index (χ0) is 18.7. The lowest BCUT2D eigenvalue weighted by molar-refractivity contribution is 0.102. The predicted octanol–water partition coefficient (Wildman–Crippen LogP) is 3.45. The highest BCUT2D eigenvalue weighted by Gasteiger charge is 2.17. The summed E-state index contributed by atoms with van der Waals surface area (Å²) in [4.78, 5) is 15.9. The molecule has 0 atom stereocenters. The van der Waals surface area contributed by atoms with Crippen LogP contribution in [0.15, 0.2) is 36.5 Å². The van der Waals surface area contributed by atoms with E-state index in [2.05, 4.69) is 10.3 Å². The fourth-order valence-electron chi connectivity index (χ4n) is 2.73. The molecule has 3 rings (SSSR count). The van der Waals surface area contributed by atoms with E-state index in [4.69, 9.17) is 18.9 Å². The maximum Gasteiger partial charge on any atom is 0.257 e. The van der Waals surface area contributed by atoms with Gasteiger partial charge in [0, 0.05) is 23.7 Å². The van der Waals surface area contributed by atoms with Gasteiger partial charge in [-0.3, -0.25) is 4.79 Å². The van der Waals surface area contributed by atoms with E-state index in [9.17, 15) is 4.79 Å². The molecule has 0 saturated heterocycles. The van der Waals surface area contributed by atoms with Gasteiger partial charge in [0.05, 0.1) is 45.2 Å². The Morgan fingerprint density at radius 1 is 0.885 bits per heavy atom. The average molecular weight is 356 g/mol. The van der Waals surface area contributed by atoms with E-state index in [-0.39, 0.29) is 5.91 Å². The molecule has 1 aromatic heterocycles. The van der Waals surface area contributed by atoms with Crippen LogP contribution in [0.3, 0.4) is 0 Å². The van der Waals surface area contributed by atoms with E-state index in [0.29, 0.717) is 34.2 Å². The molecule has 0 unspecified atom stereocenters. The highest BCUT2D eigenvalue weighted by Crippen LogP contribution is 2.34. The normalized spacial score (nSPS) is 10.5. The molecule has 1 amide bonds. The van der Waals surface area contributed by atoms with E-state index < -0.39 is 0 Å². The Morgan fingerprint density at radius 3 is 2.23 bits per heavy atom. The summed E-state index contributed by atoms with van der Waals surface area (Å²) in [6.45, 7) is 0. The fraction of sp³-hybridized carbons (Fsp3) is 0.211. The van der Waals surface area contributed by atoms with Crippen LogP contribution >= 0.6 is 0 Å². The van der Waals surface area contributed by atoms with Crippen molar-refractivity contribution in [2.75, 3.05) is 33.8 Å². The van der Waals surface area contributed by atoms with Gasteiger partial charge in [0.15, 0.2) is 11.5 Å². The van der Waals surface area contributed by atoms with Gasteiger partial charge in [0.1, 0.15) is 11.5 Å². The number of hydrogen-bond donors (Lipinski definition) is 2. The van der Waals surface area contributed by atoms with Gasteiger partial charge in [0.2, 0.25) is 0 Å². The van der Waals surface area contributed by atoms with Crippen molar-refractivity contribution in [2.24, 2.45) is 0 Å². The van der Waals surface area contributed by atoms with E-state index in [1.807, 2.05) is 0 Å². The fourth-order valence-corrected chi connectivity index (χ4v) is 2.73. The topological polar surface area (TPSA) is 81.8 Å². The Morgan fingerprint density at radius 2 is 1.58 bits per heavy atom. The van der Waals surface area contributed by atoms with Gasteiger partial charge < -0.3 is 29.2 Å². The number of anilines is 1. The summed E-state index contributed by atoms with van der Waals surface area (Å²) < 4.78 is 21.1. The minimum atomic E-state index is -0.271. The number of amides is 1. The molecule has 0 spiro atoms. The molecule has 3 aromatic rings.